The molecule has 4 N–H and O–H groups in total. The second-order valence-corrected chi connectivity index (χ2v) is 6.02. The molecule has 1 heterocycles. The molecule has 1 fully saturated rings. The van der Waals surface area contributed by atoms with E-state index in [0.29, 0.717) is 23.8 Å². The monoisotopic (exact) mass is 334 g/mol. The molecule has 6 heteroatoms. The van der Waals surface area contributed by atoms with Crippen LogP contribution in [0.25, 0.3) is 0 Å². The van der Waals surface area contributed by atoms with Crippen molar-refractivity contribution < 1.29 is 4.79 Å². The zero-order valence-electron chi connectivity index (χ0n) is 13.5. The van der Waals surface area contributed by atoms with Gasteiger partial charge in [-0.05, 0) is 37.1 Å². The summed E-state index contributed by atoms with van der Waals surface area (Å²) < 4.78 is 0. The molecule has 1 aromatic carbocycles. The van der Waals surface area contributed by atoms with Crippen molar-refractivity contribution in [3.8, 4) is 0 Å². The van der Waals surface area contributed by atoms with E-state index in [1.54, 1.807) is 0 Å². The van der Waals surface area contributed by atoms with E-state index < -0.39 is 0 Å². The summed E-state index contributed by atoms with van der Waals surface area (Å²) in [7, 11) is 0. The lowest BCUT2D eigenvalue weighted by Gasteiger charge is -2.22. The molecule has 5 nitrogen and oxygen atoms in total. The number of hydrogen-bond donors (Lipinski definition) is 3. The van der Waals surface area contributed by atoms with Gasteiger partial charge in [0.15, 0.2) is 0 Å². The van der Waals surface area contributed by atoms with Gasteiger partial charge in [0.1, 0.15) is 0 Å². The molecule has 124 valence electrons. The zero-order valence-corrected chi connectivity index (χ0v) is 14.3. The lowest BCUT2D eigenvalue weighted by Crippen LogP contribution is -2.36. The molecular formula is C17H23ClN4O. The van der Waals surface area contributed by atoms with Crippen molar-refractivity contribution in [2.24, 2.45) is 10.7 Å². The van der Waals surface area contributed by atoms with Crippen LogP contribution in [0.2, 0.25) is 5.02 Å². The first-order valence-corrected chi connectivity index (χ1v) is 8.11. The van der Waals surface area contributed by atoms with E-state index in [1.165, 1.54) is 6.92 Å². The molecule has 0 aromatic heterocycles. The number of rotatable bonds is 4. The molecule has 1 atom stereocenters. The first-order chi connectivity index (χ1) is 11.0. The molecule has 0 bridgehead atoms. The molecule has 0 saturated carbocycles. The van der Waals surface area contributed by atoms with Crippen molar-refractivity contribution in [2.75, 3.05) is 19.6 Å². The fraction of sp³-hybridized carbons (Fsp3) is 0.412. The van der Waals surface area contributed by atoms with Crippen molar-refractivity contribution in [1.82, 2.24) is 10.6 Å². The summed E-state index contributed by atoms with van der Waals surface area (Å²) in [6, 6.07) is 7.66. The molecule has 1 amide bonds. The number of hydrogen-bond acceptors (Lipinski definition) is 4. The summed E-state index contributed by atoms with van der Waals surface area (Å²) in [4.78, 5) is 15.9. The van der Waals surface area contributed by atoms with Crippen LogP contribution in [0.15, 0.2) is 40.5 Å². The maximum absolute atomic E-state index is 11.1. The Morgan fingerprint density at radius 3 is 2.91 bits per heavy atom. The summed E-state index contributed by atoms with van der Waals surface area (Å²) in [5.41, 5.74) is 9.79. The summed E-state index contributed by atoms with van der Waals surface area (Å²) in [6.07, 6.45) is 0.805. The number of benzene rings is 1. The number of aliphatic imine (C=N–C) groups is 1. The topological polar surface area (TPSA) is 79.5 Å². The van der Waals surface area contributed by atoms with E-state index in [9.17, 15) is 4.79 Å². The van der Waals surface area contributed by atoms with Crippen LogP contribution in [0.5, 0.6) is 0 Å². The standard InChI is InChI=1S/C17H23ClN4O/c1-11(13-5-3-4-6-15(13)18)22-17-10-20-8-7-14(17)16(19)9-21-12(2)23/h3-6,11,20H,7-10,19H2,1-2H3,(H,21,23)/b16-14-,22-17?. The number of nitrogens with zero attached hydrogens (tertiary/aromatic N) is 1. The molecule has 1 aromatic rings. The Morgan fingerprint density at radius 2 is 2.22 bits per heavy atom. The van der Waals surface area contributed by atoms with E-state index in [-0.39, 0.29) is 11.9 Å². The molecule has 0 aliphatic carbocycles. The van der Waals surface area contributed by atoms with Gasteiger partial charge in [-0.15, -0.1) is 0 Å². The average Bonchev–Trinajstić information content (AvgIpc) is 2.53. The van der Waals surface area contributed by atoms with Gasteiger partial charge in [0.25, 0.3) is 0 Å². The molecule has 23 heavy (non-hydrogen) atoms. The third-order valence-corrected chi connectivity index (χ3v) is 4.16. The van der Waals surface area contributed by atoms with Gasteiger partial charge in [-0.1, -0.05) is 29.8 Å². The lowest BCUT2D eigenvalue weighted by molar-refractivity contribution is -0.118. The van der Waals surface area contributed by atoms with Gasteiger partial charge < -0.3 is 16.4 Å². The second kappa shape index (κ2) is 8.13. The van der Waals surface area contributed by atoms with Crippen LogP contribution in [0.1, 0.15) is 31.9 Å². The van der Waals surface area contributed by atoms with Crippen LogP contribution in [-0.2, 0) is 4.79 Å². The van der Waals surface area contributed by atoms with E-state index in [1.807, 2.05) is 31.2 Å². The van der Waals surface area contributed by atoms with Gasteiger partial charge in [0.2, 0.25) is 5.91 Å². The van der Waals surface area contributed by atoms with Crippen molar-refractivity contribution >= 4 is 23.2 Å². The zero-order chi connectivity index (χ0) is 16.8. The minimum Gasteiger partial charge on any atom is -0.400 e. The van der Waals surface area contributed by atoms with Crippen molar-refractivity contribution in [3.63, 3.8) is 0 Å². The van der Waals surface area contributed by atoms with E-state index >= 15 is 0 Å². The highest BCUT2D eigenvalue weighted by molar-refractivity contribution is 6.31. The van der Waals surface area contributed by atoms with E-state index in [0.717, 1.165) is 29.8 Å². The Bertz CT molecular complexity index is 639. The molecule has 0 spiro atoms. The SMILES string of the molecule is CC(=O)NC/C(N)=C1\CCNCC1=NC(C)c1ccccc1Cl. The Morgan fingerprint density at radius 1 is 1.48 bits per heavy atom. The number of piperidine rings is 1. The minimum atomic E-state index is -0.0922. The number of carbonyl (C=O) groups is 1. The Hall–Kier alpha value is -1.85. The molecule has 1 saturated heterocycles. The van der Waals surface area contributed by atoms with Gasteiger partial charge in [-0.2, -0.15) is 0 Å². The predicted octanol–water partition coefficient (Wildman–Crippen LogP) is 2.18. The highest BCUT2D eigenvalue weighted by atomic mass is 35.5. The van der Waals surface area contributed by atoms with Gasteiger partial charge in [0.05, 0.1) is 18.3 Å². The summed E-state index contributed by atoms with van der Waals surface area (Å²) in [5, 5.41) is 6.77. The highest BCUT2D eigenvalue weighted by Gasteiger charge is 2.18. The number of nitrogens with two attached hydrogens (primary N) is 1. The third-order valence-electron chi connectivity index (χ3n) is 3.81. The maximum Gasteiger partial charge on any atom is 0.217 e. The van der Waals surface area contributed by atoms with Crippen LogP contribution in [0, 0.1) is 0 Å². The first-order valence-electron chi connectivity index (χ1n) is 7.73. The van der Waals surface area contributed by atoms with Gasteiger partial charge in [0, 0.05) is 24.2 Å². The second-order valence-electron chi connectivity index (χ2n) is 5.61. The fourth-order valence-electron chi connectivity index (χ4n) is 2.58. The highest BCUT2D eigenvalue weighted by Crippen LogP contribution is 2.26. The number of carbonyl (C=O) groups excluding carboxylic acids is 1. The van der Waals surface area contributed by atoms with Gasteiger partial charge in [-0.25, -0.2) is 0 Å². The molecule has 2 rings (SSSR count). The Kier molecular flexibility index (Phi) is 6.19. The van der Waals surface area contributed by atoms with Crippen LogP contribution in [0.3, 0.4) is 0 Å². The van der Waals surface area contributed by atoms with E-state index in [4.69, 9.17) is 22.3 Å². The van der Waals surface area contributed by atoms with E-state index in [2.05, 4.69) is 10.6 Å². The molecular weight excluding hydrogens is 312 g/mol. The fourth-order valence-corrected chi connectivity index (χ4v) is 2.88. The Labute approximate surface area is 142 Å². The maximum atomic E-state index is 11.1. The van der Waals surface area contributed by atoms with Crippen molar-refractivity contribution in [3.05, 3.63) is 46.1 Å². The molecule has 1 aliphatic rings. The predicted molar refractivity (Wildman–Crippen MR) is 94.7 cm³/mol. The van der Waals surface area contributed by atoms with Gasteiger partial charge in [-0.3, -0.25) is 9.79 Å². The lowest BCUT2D eigenvalue weighted by atomic mass is 9.99. The third kappa shape index (κ3) is 4.81. The minimum absolute atomic E-state index is 0.0535. The smallest absolute Gasteiger partial charge is 0.217 e. The summed E-state index contributed by atoms with van der Waals surface area (Å²) in [6.45, 7) is 5.38. The Balaban J connectivity index is 2.25. The average molecular weight is 335 g/mol. The summed E-state index contributed by atoms with van der Waals surface area (Å²) in [5.74, 6) is -0.0922. The van der Waals surface area contributed by atoms with Crippen LogP contribution in [0.4, 0.5) is 0 Å². The largest absolute Gasteiger partial charge is 0.400 e. The van der Waals surface area contributed by atoms with Crippen molar-refractivity contribution in [1.29, 1.82) is 0 Å². The number of halogens is 1. The van der Waals surface area contributed by atoms with Crippen LogP contribution < -0.4 is 16.4 Å². The van der Waals surface area contributed by atoms with Crippen LogP contribution >= 0.6 is 11.6 Å². The quantitative estimate of drug-likeness (QED) is 0.789. The molecule has 0 radical (unpaired) electrons. The first kappa shape index (κ1) is 17.5. The molecule has 1 aliphatic heterocycles. The van der Waals surface area contributed by atoms with Crippen LogP contribution in [-0.4, -0.2) is 31.3 Å². The van der Waals surface area contributed by atoms with Gasteiger partial charge >= 0.3 is 0 Å². The molecule has 1 unspecified atom stereocenters. The van der Waals surface area contributed by atoms with Crippen molar-refractivity contribution in [2.45, 2.75) is 26.3 Å². The number of amides is 1. The number of nitrogens with one attached hydrogen (secondary N) is 2. The normalized spacial score (nSPS) is 20.2. The summed E-state index contributed by atoms with van der Waals surface area (Å²) >= 11 is 6.25.